The first-order chi connectivity index (χ1) is 8.04. The second-order valence-corrected chi connectivity index (χ2v) is 4.69. The van der Waals surface area contributed by atoms with Crippen LogP contribution >= 0.6 is 0 Å². The van der Waals surface area contributed by atoms with Crippen molar-refractivity contribution in [1.29, 1.82) is 0 Å². The molecule has 0 N–H and O–H groups in total. The molecule has 1 nitrogen and oxygen atoms in total. The van der Waals surface area contributed by atoms with Crippen LogP contribution in [0.25, 0.3) is 0 Å². The van der Waals surface area contributed by atoms with Gasteiger partial charge in [0.1, 0.15) is 11.5 Å². The van der Waals surface area contributed by atoms with Crippen molar-refractivity contribution in [2.45, 2.75) is 27.7 Å². The molecule has 2 aromatic rings. The van der Waals surface area contributed by atoms with Crippen molar-refractivity contribution in [3.8, 4) is 11.5 Å². The van der Waals surface area contributed by atoms with Crippen molar-refractivity contribution < 1.29 is 4.74 Å². The minimum Gasteiger partial charge on any atom is -0.457 e. The van der Waals surface area contributed by atoms with Gasteiger partial charge in [-0.25, -0.2) is 0 Å². The Morgan fingerprint density at radius 2 is 1.35 bits per heavy atom. The number of ether oxygens (including phenoxy) is 1. The van der Waals surface area contributed by atoms with Crippen LogP contribution in [0.15, 0.2) is 36.4 Å². The summed E-state index contributed by atoms with van der Waals surface area (Å²) in [7, 11) is 0. The van der Waals surface area contributed by atoms with Gasteiger partial charge in [0.15, 0.2) is 0 Å². The molecule has 1 heteroatoms. The van der Waals surface area contributed by atoms with Crippen LogP contribution in [-0.2, 0) is 0 Å². The highest BCUT2D eigenvalue weighted by molar-refractivity contribution is 5.41. The normalized spacial score (nSPS) is 10.4. The standard InChI is InChI=1S/C16H18O/c1-11-5-6-14(4)16(10-11)17-15-8-12(2)7-13(3)9-15/h5-10H,1-4H3. The Morgan fingerprint density at radius 3 is 2.00 bits per heavy atom. The number of benzene rings is 2. The van der Waals surface area contributed by atoms with Crippen molar-refractivity contribution >= 4 is 0 Å². The zero-order valence-electron chi connectivity index (χ0n) is 10.9. The summed E-state index contributed by atoms with van der Waals surface area (Å²) in [5, 5.41) is 0. The van der Waals surface area contributed by atoms with Crippen LogP contribution in [0, 0.1) is 27.7 Å². The quantitative estimate of drug-likeness (QED) is 0.720. The fourth-order valence-electron chi connectivity index (χ4n) is 1.94. The van der Waals surface area contributed by atoms with E-state index in [0.717, 1.165) is 17.1 Å². The van der Waals surface area contributed by atoms with Crippen LogP contribution in [0.1, 0.15) is 22.3 Å². The van der Waals surface area contributed by atoms with Gasteiger partial charge in [0.2, 0.25) is 0 Å². The van der Waals surface area contributed by atoms with Crippen molar-refractivity contribution in [3.05, 3.63) is 58.7 Å². The summed E-state index contributed by atoms with van der Waals surface area (Å²) in [4.78, 5) is 0. The van der Waals surface area contributed by atoms with E-state index >= 15 is 0 Å². The smallest absolute Gasteiger partial charge is 0.130 e. The minimum absolute atomic E-state index is 0.913. The van der Waals surface area contributed by atoms with Gasteiger partial charge < -0.3 is 4.74 Å². The first-order valence-corrected chi connectivity index (χ1v) is 5.88. The number of hydrogen-bond donors (Lipinski definition) is 0. The second kappa shape index (κ2) is 4.62. The first kappa shape index (κ1) is 11.7. The van der Waals surface area contributed by atoms with Crippen LogP contribution in [0.3, 0.4) is 0 Å². The predicted octanol–water partition coefficient (Wildman–Crippen LogP) is 4.71. The third kappa shape index (κ3) is 2.88. The molecule has 0 radical (unpaired) electrons. The Balaban J connectivity index is 2.34. The van der Waals surface area contributed by atoms with Crippen LogP contribution < -0.4 is 4.74 Å². The van der Waals surface area contributed by atoms with Gasteiger partial charge in [-0.05, 0) is 68.1 Å². The molecule has 2 aromatic carbocycles. The molecule has 0 saturated carbocycles. The van der Waals surface area contributed by atoms with Crippen molar-refractivity contribution in [2.24, 2.45) is 0 Å². The zero-order valence-corrected chi connectivity index (χ0v) is 10.9. The Morgan fingerprint density at radius 1 is 0.706 bits per heavy atom. The van der Waals surface area contributed by atoms with E-state index in [1.807, 2.05) is 0 Å². The van der Waals surface area contributed by atoms with E-state index in [0.29, 0.717) is 0 Å². The Kier molecular flexibility index (Phi) is 3.19. The summed E-state index contributed by atoms with van der Waals surface area (Å²) in [5.41, 5.74) is 4.83. The lowest BCUT2D eigenvalue weighted by Crippen LogP contribution is -1.90. The predicted molar refractivity (Wildman–Crippen MR) is 71.9 cm³/mol. The van der Waals surface area contributed by atoms with Crippen LogP contribution in [-0.4, -0.2) is 0 Å². The molecule has 17 heavy (non-hydrogen) atoms. The molecule has 0 unspecified atom stereocenters. The molecule has 0 amide bonds. The van der Waals surface area contributed by atoms with E-state index in [1.165, 1.54) is 16.7 Å². The van der Waals surface area contributed by atoms with Gasteiger partial charge in [-0.15, -0.1) is 0 Å². The minimum atomic E-state index is 0.913. The molecule has 0 heterocycles. The maximum Gasteiger partial charge on any atom is 0.130 e. The van der Waals surface area contributed by atoms with E-state index in [-0.39, 0.29) is 0 Å². The van der Waals surface area contributed by atoms with Gasteiger partial charge in [0.05, 0.1) is 0 Å². The molecule has 0 spiro atoms. The maximum absolute atomic E-state index is 5.95. The molecule has 0 aliphatic carbocycles. The van der Waals surface area contributed by atoms with Crippen LogP contribution in [0.2, 0.25) is 0 Å². The van der Waals surface area contributed by atoms with Crippen molar-refractivity contribution in [3.63, 3.8) is 0 Å². The largest absolute Gasteiger partial charge is 0.457 e. The van der Waals surface area contributed by atoms with E-state index in [9.17, 15) is 0 Å². The van der Waals surface area contributed by atoms with Crippen molar-refractivity contribution in [2.75, 3.05) is 0 Å². The fraction of sp³-hybridized carbons (Fsp3) is 0.250. The highest BCUT2D eigenvalue weighted by atomic mass is 16.5. The maximum atomic E-state index is 5.95. The summed E-state index contributed by atoms with van der Waals surface area (Å²) in [6.45, 7) is 8.32. The molecule has 0 saturated heterocycles. The summed E-state index contributed by atoms with van der Waals surface area (Å²) in [5.74, 6) is 1.85. The van der Waals surface area contributed by atoms with Gasteiger partial charge in [-0.1, -0.05) is 18.2 Å². The molecule has 0 atom stereocenters. The van der Waals surface area contributed by atoms with Crippen LogP contribution in [0.4, 0.5) is 0 Å². The van der Waals surface area contributed by atoms with E-state index < -0.39 is 0 Å². The van der Waals surface area contributed by atoms with Gasteiger partial charge in [0, 0.05) is 0 Å². The third-order valence-electron chi connectivity index (χ3n) is 2.77. The Bertz CT molecular complexity index is 521. The monoisotopic (exact) mass is 226 g/mol. The molecular weight excluding hydrogens is 208 g/mol. The average Bonchev–Trinajstić information content (AvgIpc) is 2.22. The van der Waals surface area contributed by atoms with E-state index in [1.54, 1.807) is 0 Å². The van der Waals surface area contributed by atoms with Gasteiger partial charge >= 0.3 is 0 Å². The van der Waals surface area contributed by atoms with Gasteiger partial charge in [0.25, 0.3) is 0 Å². The van der Waals surface area contributed by atoms with Gasteiger partial charge in [-0.2, -0.15) is 0 Å². The number of rotatable bonds is 2. The highest BCUT2D eigenvalue weighted by Gasteiger charge is 2.03. The van der Waals surface area contributed by atoms with Crippen molar-refractivity contribution in [1.82, 2.24) is 0 Å². The Hall–Kier alpha value is -1.76. The second-order valence-electron chi connectivity index (χ2n) is 4.69. The summed E-state index contributed by atoms with van der Waals surface area (Å²) in [6, 6.07) is 12.5. The lowest BCUT2D eigenvalue weighted by Gasteiger charge is -2.11. The molecule has 0 aromatic heterocycles. The summed E-state index contributed by atoms with van der Waals surface area (Å²) < 4.78 is 5.95. The summed E-state index contributed by atoms with van der Waals surface area (Å²) >= 11 is 0. The van der Waals surface area contributed by atoms with Gasteiger partial charge in [-0.3, -0.25) is 0 Å². The fourth-order valence-corrected chi connectivity index (χ4v) is 1.94. The lowest BCUT2D eigenvalue weighted by atomic mass is 10.1. The summed E-state index contributed by atoms with van der Waals surface area (Å²) in [6.07, 6.45) is 0. The van der Waals surface area contributed by atoms with Crippen LogP contribution in [0.5, 0.6) is 11.5 Å². The topological polar surface area (TPSA) is 9.23 Å². The molecule has 2 rings (SSSR count). The SMILES string of the molecule is Cc1cc(C)cc(Oc2cc(C)ccc2C)c1. The lowest BCUT2D eigenvalue weighted by molar-refractivity contribution is 0.477. The first-order valence-electron chi connectivity index (χ1n) is 5.88. The average molecular weight is 226 g/mol. The molecule has 0 fully saturated rings. The zero-order chi connectivity index (χ0) is 12.4. The number of hydrogen-bond acceptors (Lipinski definition) is 1. The molecule has 0 aliphatic heterocycles. The van der Waals surface area contributed by atoms with E-state index in [4.69, 9.17) is 4.74 Å². The van der Waals surface area contributed by atoms with E-state index in [2.05, 4.69) is 64.1 Å². The molecule has 0 bridgehead atoms. The molecule has 0 aliphatic rings. The highest BCUT2D eigenvalue weighted by Crippen LogP contribution is 2.27. The molecular formula is C16H18O. The Labute approximate surface area is 103 Å². The number of aryl methyl sites for hydroxylation is 4. The third-order valence-corrected chi connectivity index (χ3v) is 2.77. The molecule has 88 valence electrons.